The average molecular weight is 477 g/mol. The molecule has 138 valence electrons. The van der Waals surface area contributed by atoms with E-state index in [1.54, 1.807) is 24.3 Å². The number of hydrazine groups is 1. The zero-order chi connectivity index (χ0) is 18.8. The van der Waals surface area contributed by atoms with Crippen LogP contribution < -0.4 is 16.2 Å². The van der Waals surface area contributed by atoms with Gasteiger partial charge in [-0.3, -0.25) is 25.2 Å². The van der Waals surface area contributed by atoms with Gasteiger partial charge in [-0.25, -0.2) is 0 Å². The summed E-state index contributed by atoms with van der Waals surface area (Å²) in [6.45, 7) is 3.95. The normalized spacial score (nSPS) is 12.8. The first-order chi connectivity index (χ1) is 11.9. The standard InChI is InChI=1S/C17H23Br2N3O3/c1-3-7-12(18)16(24)20-14-10-6-5-9-11(14)15(23)21-22-17(25)13(19)8-4-2/h5-6,9-10,12-13H,3-4,7-8H2,1-2H3,(H,20,24)(H,21,23)(H,22,25)/t12-,13+/m1/s1. The molecule has 0 aromatic heterocycles. The molecule has 0 aliphatic heterocycles. The van der Waals surface area contributed by atoms with Crippen molar-refractivity contribution < 1.29 is 14.4 Å². The molecule has 3 amide bonds. The largest absolute Gasteiger partial charge is 0.324 e. The molecule has 8 heteroatoms. The number of hydrogen-bond donors (Lipinski definition) is 3. The van der Waals surface area contributed by atoms with E-state index in [1.807, 2.05) is 13.8 Å². The Kier molecular flexibility index (Phi) is 9.74. The third kappa shape index (κ3) is 7.15. The lowest BCUT2D eigenvalue weighted by Crippen LogP contribution is -2.45. The summed E-state index contributed by atoms with van der Waals surface area (Å²) < 4.78 is 0. The van der Waals surface area contributed by atoms with E-state index in [9.17, 15) is 14.4 Å². The van der Waals surface area contributed by atoms with E-state index in [0.717, 1.165) is 12.8 Å². The van der Waals surface area contributed by atoms with Gasteiger partial charge in [0.25, 0.3) is 11.8 Å². The minimum absolute atomic E-state index is 0.213. The molecule has 1 aromatic carbocycles. The van der Waals surface area contributed by atoms with Crippen molar-refractivity contribution in [3.63, 3.8) is 0 Å². The van der Waals surface area contributed by atoms with Crippen LogP contribution in [-0.4, -0.2) is 27.4 Å². The molecule has 6 nitrogen and oxygen atoms in total. The van der Waals surface area contributed by atoms with Gasteiger partial charge in [-0.15, -0.1) is 0 Å². The van der Waals surface area contributed by atoms with Crippen molar-refractivity contribution in [1.29, 1.82) is 0 Å². The van der Waals surface area contributed by atoms with Crippen molar-refractivity contribution >= 4 is 55.3 Å². The van der Waals surface area contributed by atoms with Gasteiger partial charge < -0.3 is 5.32 Å². The number of hydrogen-bond acceptors (Lipinski definition) is 3. The van der Waals surface area contributed by atoms with Crippen LogP contribution in [0.15, 0.2) is 24.3 Å². The van der Waals surface area contributed by atoms with E-state index < -0.39 is 5.91 Å². The predicted molar refractivity (Wildman–Crippen MR) is 106 cm³/mol. The third-order valence-corrected chi connectivity index (χ3v) is 5.13. The zero-order valence-corrected chi connectivity index (χ0v) is 17.4. The van der Waals surface area contributed by atoms with Gasteiger partial charge in [0.15, 0.2) is 0 Å². The second kappa shape index (κ2) is 11.3. The number of carbonyl (C=O) groups is 3. The summed E-state index contributed by atoms with van der Waals surface area (Å²) in [6.07, 6.45) is 3.07. The summed E-state index contributed by atoms with van der Waals surface area (Å²) in [5, 5.41) is 2.74. The minimum Gasteiger partial charge on any atom is -0.324 e. The maximum atomic E-state index is 12.3. The Morgan fingerprint density at radius 1 is 0.920 bits per heavy atom. The van der Waals surface area contributed by atoms with Gasteiger partial charge in [0.05, 0.1) is 20.9 Å². The van der Waals surface area contributed by atoms with Gasteiger partial charge in [-0.2, -0.15) is 0 Å². The van der Waals surface area contributed by atoms with Crippen LogP contribution in [0.25, 0.3) is 0 Å². The molecular formula is C17H23Br2N3O3. The number of para-hydroxylation sites is 1. The number of benzene rings is 1. The van der Waals surface area contributed by atoms with Crippen molar-refractivity contribution in [2.75, 3.05) is 5.32 Å². The van der Waals surface area contributed by atoms with Crippen molar-refractivity contribution in [3.05, 3.63) is 29.8 Å². The molecule has 25 heavy (non-hydrogen) atoms. The Hall–Kier alpha value is -1.41. The van der Waals surface area contributed by atoms with E-state index in [-0.39, 0.29) is 27.0 Å². The summed E-state index contributed by atoms with van der Waals surface area (Å²) in [5.74, 6) is -1.03. The second-order valence-corrected chi connectivity index (χ2v) is 7.70. The maximum absolute atomic E-state index is 12.3. The highest BCUT2D eigenvalue weighted by atomic mass is 79.9. The molecule has 0 aliphatic rings. The molecule has 2 atom stereocenters. The van der Waals surface area contributed by atoms with Gasteiger partial charge in [-0.05, 0) is 25.0 Å². The third-order valence-electron chi connectivity index (χ3n) is 3.38. The monoisotopic (exact) mass is 475 g/mol. The van der Waals surface area contributed by atoms with Crippen LogP contribution in [0, 0.1) is 0 Å². The Labute approximate surface area is 164 Å². The molecule has 0 heterocycles. The van der Waals surface area contributed by atoms with Gasteiger partial charge in [-0.1, -0.05) is 70.7 Å². The highest BCUT2D eigenvalue weighted by molar-refractivity contribution is 9.10. The van der Waals surface area contributed by atoms with Crippen LogP contribution in [0.1, 0.15) is 49.9 Å². The highest BCUT2D eigenvalue weighted by Crippen LogP contribution is 2.17. The van der Waals surface area contributed by atoms with Crippen molar-refractivity contribution in [1.82, 2.24) is 10.9 Å². The molecule has 0 fully saturated rings. The summed E-state index contributed by atoms with van der Waals surface area (Å²) in [7, 11) is 0. The lowest BCUT2D eigenvalue weighted by molar-refractivity contribution is -0.121. The Bertz CT molecular complexity index is 611. The predicted octanol–water partition coefficient (Wildman–Crippen LogP) is 3.51. The second-order valence-electron chi connectivity index (χ2n) is 5.49. The number of nitrogens with one attached hydrogen (secondary N) is 3. The Balaban J connectivity index is 2.73. The Morgan fingerprint density at radius 3 is 2.08 bits per heavy atom. The topological polar surface area (TPSA) is 87.3 Å². The molecule has 1 rings (SSSR count). The van der Waals surface area contributed by atoms with Gasteiger partial charge >= 0.3 is 0 Å². The first-order valence-corrected chi connectivity index (χ1v) is 10.0. The number of amides is 3. The van der Waals surface area contributed by atoms with Crippen LogP contribution in [0.2, 0.25) is 0 Å². The maximum Gasteiger partial charge on any atom is 0.271 e. The SMILES string of the molecule is CCC[C@@H](Br)C(=O)Nc1ccccc1C(=O)NNC(=O)[C@@H](Br)CCC. The molecule has 1 aromatic rings. The number of halogens is 2. The average Bonchev–Trinajstić information content (AvgIpc) is 2.60. The molecule has 0 radical (unpaired) electrons. The van der Waals surface area contributed by atoms with E-state index in [0.29, 0.717) is 18.5 Å². The molecule has 0 aliphatic carbocycles. The summed E-state index contributed by atoms with van der Waals surface area (Å²) >= 11 is 6.59. The molecule has 0 unspecified atom stereocenters. The van der Waals surface area contributed by atoms with Crippen molar-refractivity contribution in [2.24, 2.45) is 0 Å². The number of carbonyl (C=O) groups excluding carboxylic acids is 3. The summed E-state index contributed by atoms with van der Waals surface area (Å²) in [5.41, 5.74) is 5.42. The van der Waals surface area contributed by atoms with E-state index in [4.69, 9.17) is 0 Å². The van der Waals surface area contributed by atoms with Gasteiger partial charge in [0.1, 0.15) is 0 Å². The fraction of sp³-hybridized carbons (Fsp3) is 0.471. The smallest absolute Gasteiger partial charge is 0.271 e. The number of alkyl halides is 2. The van der Waals surface area contributed by atoms with Crippen LogP contribution in [0.4, 0.5) is 5.69 Å². The lowest BCUT2D eigenvalue weighted by Gasteiger charge is -2.15. The summed E-state index contributed by atoms with van der Waals surface area (Å²) in [4.78, 5) is 35.6. The molecule has 0 saturated heterocycles. The summed E-state index contributed by atoms with van der Waals surface area (Å²) in [6, 6.07) is 6.64. The number of rotatable bonds is 8. The highest BCUT2D eigenvalue weighted by Gasteiger charge is 2.19. The van der Waals surface area contributed by atoms with Crippen LogP contribution >= 0.6 is 31.9 Å². The first kappa shape index (κ1) is 21.6. The van der Waals surface area contributed by atoms with Crippen LogP contribution in [-0.2, 0) is 9.59 Å². The van der Waals surface area contributed by atoms with Gasteiger partial charge in [0, 0.05) is 0 Å². The molecule has 3 N–H and O–H groups in total. The Morgan fingerprint density at radius 2 is 1.48 bits per heavy atom. The molecule has 0 saturated carbocycles. The van der Waals surface area contributed by atoms with E-state index in [1.165, 1.54) is 0 Å². The fourth-order valence-corrected chi connectivity index (χ4v) is 3.18. The number of anilines is 1. The molecule has 0 bridgehead atoms. The van der Waals surface area contributed by atoms with Crippen LogP contribution in [0.3, 0.4) is 0 Å². The zero-order valence-electron chi connectivity index (χ0n) is 14.3. The van der Waals surface area contributed by atoms with Crippen LogP contribution in [0.5, 0.6) is 0 Å². The molecular weight excluding hydrogens is 454 g/mol. The lowest BCUT2D eigenvalue weighted by atomic mass is 10.1. The quantitative estimate of drug-likeness (QED) is 0.396. The first-order valence-electron chi connectivity index (χ1n) is 8.18. The van der Waals surface area contributed by atoms with E-state index >= 15 is 0 Å². The fourth-order valence-electron chi connectivity index (χ4n) is 2.03. The van der Waals surface area contributed by atoms with E-state index in [2.05, 4.69) is 48.0 Å². The minimum atomic E-state index is -0.498. The van der Waals surface area contributed by atoms with Gasteiger partial charge in [0.2, 0.25) is 5.91 Å². The van der Waals surface area contributed by atoms with Crippen molar-refractivity contribution in [3.8, 4) is 0 Å². The van der Waals surface area contributed by atoms with Crippen molar-refractivity contribution in [2.45, 2.75) is 49.2 Å². The molecule has 0 spiro atoms.